The Morgan fingerprint density at radius 2 is 2.21 bits per heavy atom. The van der Waals surface area contributed by atoms with Crippen LogP contribution in [0.2, 0.25) is 6.32 Å². The van der Waals surface area contributed by atoms with E-state index in [0.717, 1.165) is 4.31 Å². The standard InChI is InChI=1S/C12H24BN5O5S/c14-4-6-18(12-16-5-7-23-12)24(21,22)17-8-10(11(15)9-17)2-1-3-13(19)20/h5,7,10-11,19-20H,1-4,6,8-9,14-15H2/t10-,11-/m0/s1. The van der Waals surface area contributed by atoms with Crippen LogP contribution in [0, 0.1) is 5.92 Å². The Morgan fingerprint density at radius 3 is 2.79 bits per heavy atom. The van der Waals surface area contributed by atoms with Crippen molar-refractivity contribution in [3.63, 3.8) is 0 Å². The molecule has 0 aromatic carbocycles. The lowest BCUT2D eigenvalue weighted by Crippen LogP contribution is -2.46. The molecule has 12 heteroatoms. The zero-order valence-electron chi connectivity index (χ0n) is 13.4. The highest BCUT2D eigenvalue weighted by Crippen LogP contribution is 2.27. The van der Waals surface area contributed by atoms with Crippen LogP contribution in [-0.2, 0) is 10.2 Å². The highest BCUT2D eigenvalue weighted by molar-refractivity contribution is 7.90. The maximum atomic E-state index is 12.9. The highest BCUT2D eigenvalue weighted by Gasteiger charge is 2.40. The fourth-order valence-corrected chi connectivity index (χ4v) is 4.46. The average Bonchev–Trinajstić information content (AvgIpc) is 3.15. The van der Waals surface area contributed by atoms with Crippen molar-refractivity contribution in [1.29, 1.82) is 0 Å². The summed E-state index contributed by atoms with van der Waals surface area (Å²) >= 11 is 0. The molecule has 24 heavy (non-hydrogen) atoms. The number of oxazole rings is 1. The first-order chi connectivity index (χ1) is 11.4. The van der Waals surface area contributed by atoms with Gasteiger partial charge in [0, 0.05) is 25.7 Å². The molecule has 1 aliphatic rings. The number of hydrogen-bond acceptors (Lipinski definition) is 8. The van der Waals surface area contributed by atoms with Crippen molar-refractivity contribution in [3.05, 3.63) is 12.5 Å². The Balaban J connectivity index is 2.06. The van der Waals surface area contributed by atoms with Crippen LogP contribution in [0.3, 0.4) is 0 Å². The van der Waals surface area contributed by atoms with E-state index in [1.807, 2.05) is 0 Å². The molecular formula is C12H24BN5O5S. The molecular weight excluding hydrogens is 337 g/mol. The molecule has 6 N–H and O–H groups in total. The van der Waals surface area contributed by atoms with Crippen molar-refractivity contribution >= 4 is 23.3 Å². The fraction of sp³-hybridized carbons (Fsp3) is 0.750. The maximum absolute atomic E-state index is 12.9. The number of hydrogen-bond donors (Lipinski definition) is 4. The van der Waals surface area contributed by atoms with Crippen molar-refractivity contribution in [2.45, 2.75) is 25.2 Å². The number of nitrogens with two attached hydrogens (primary N) is 2. The third-order valence-corrected chi connectivity index (χ3v) is 5.91. The van der Waals surface area contributed by atoms with Gasteiger partial charge in [0.05, 0.1) is 12.7 Å². The van der Waals surface area contributed by atoms with Crippen LogP contribution in [0.1, 0.15) is 12.8 Å². The molecule has 1 fully saturated rings. The van der Waals surface area contributed by atoms with Gasteiger partial charge in [-0.3, -0.25) is 0 Å². The summed E-state index contributed by atoms with van der Waals surface area (Å²) in [4.78, 5) is 3.89. The summed E-state index contributed by atoms with van der Waals surface area (Å²) in [5.41, 5.74) is 11.6. The first-order valence-electron chi connectivity index (χ1n) is 7.85. The molecule has 1 aromatic rings. The van der Waals surface area contributed by atoms with Crippen LogP contribution in [0.4, 0.5) is 6.01 Å². The van der Waals surface area contributed by atoms with Gasteiger partial charge in [-0.05, 0) is 18.7 Å². The molecule has 136 valence electrons. The molecule has 2 atom stereocenters. The maximum Gasteiger partial charge on any atom is 0.451 e. The van der Waals surface area contributed by atoms with Crippen LogP contribution >= 0.6 is 0 Å². The molecule has 0 unspecified atom stereocenters. The van der Waals surface area contributed by atoms with E-state index in [-0.39, 0.29) is 50.5 Å². The van der Waals surface area contributed by atoms with Gasteiger partial charge in [0.1, 0.15) is 6.26 Å². The number of rotatable bonds is 9. The van der Waals surface area contributed by atoms with Crippen LogP contribution < -0.4 is 15.8 Å². The average molecular weight is 361 g/mol. The molecule has 1 saturated heterocycles. The minimum Gasteiger partial charge on any atom is -0.431 e. The lowest BCUT2D eigenvalue weighted by Gasteiger charge is -2.25. The molecule has 1 aromatic heterocycles. The smallest absolute Gasteiger partial charge is 0.431 e. The topological polar surface area (TPSA) is 159 Å². The first kappa shape index (κ1) is 19.2. The Labute approximate surface area is 141 Å². The van der Waals surface area contributed by atoms with Gasteiger partial charge in [0.15, 0.2) is 0 Å². The summed E-state index contributed by atoms with van der Waals surface area (Å²) in [7, 11) is -5.20. The quantitative estimate of drug-likeness (QED) is 0.375. The highest BCUT2D eigenvalue weighted by atomic mass is 32.2. The summed E-state index contributed by atoms with van der Waals surface area (Å²) < 4.78 is 33.2. The molecule has 0 amide bonds. The van der Waals surface area contributed by atoms with E-state index in [0.29, 0.717) is 12.8 Å². The van der Waals surface area contributed by atoms with Gasteiger partial charge in [-0.1, -0.05) is 6.42 Å². The van der Waals surface area contributed by atoms with Gasteiger partial charge in [-0.2, -0.15) is 12.7 Å². The summed E-state index contributed by atoms with van der Waals surface area (Å²) in [6.45, 7) is 0.637. The monoisotopic (exact) mass is 361 g/mol. The predicted molar refractivity (Wildman–Crippen MR) is 89.1 cm³/mol. The SMILES string of the molecule is NCCN(c1ncco1)S(=O)(=O)N1C[C@H](CCCB(O)O)[C@@H](N)C1. The van der Waals surface area contributed by atoms with Crippen molar-refractivity contribution in [2.75, 3.05) is 30.5 Å². The van der Waals surface area contributed by atoms with Crippen molar-refractivity contribution in [3.8, 4) is 0 Å². The van der Waals surface area contributed by atoms with E-state index in [1.165, 1.54) is 16.8 Å². The van der Waals surface area contributed by atoms with Crippen LogP contribution in [0.25, 0.3) is 0 Å². The van der Waals surface area contributed by atoms with Gasteiger partial charge >= 0.3 is 23.3 Å². The molecule has 2 heterocycles. The van der Waals surface area contributed by atoms with Gasteiger partial charge in [-0.15, -0.1) is 0 Å². The fourth-order valence-electron chi connectivity index (χ4n) is 2.82. The van der Waals surface area contributed by atoms with Crippen molar-refractivity contribution < 1.29 is 22.9 Å². The molecule has 2 rings (SSSR count). The van der Waals surface area contributed by atoms with Gasteiger partial charge < -0.3 is 25.9 Å². The zero-order valence-corrected chi connectivity index (χ0v) is 14.2. The predicted octanol–water partition coefficient (Wildman–Crippen LogP) is -1.80. The van der Waals surface area contributed by atoms with E-state index in [9.17, 15) is 8.42 Å². The Hall–Kier alpha value is -1.18. The summed E-state index contributed by atoms with van der Waals surface area (Å²) in [5.74, 6) is -0.0391. The first-order valence-corrected chi connectivity index (χ1v) is 9.25. The molecule has 10 nitrogen and oxygen atoms in total. The summed E-state index contributed by atoms with van der Waals surface area (Å²) in [6.07, 6.45) is 4.10. The Bertz CT molecular complexity index is 599. The van der Waals surface area contributed by atoms with E-state index < -0.39 is 17.3 Å². The molecule has 0 bridgehead atoms. The second-order valence-electron chi connectivity index (χ2n) is 5.84. The Kier molecular flexibility index (Phi) is 6.60. The second kappa shape index (κ2) is 8.27. The molecule has 1 aliphatic heterocycles. The molecule has 0 aliphatic carbocycles. The minimum absolute atomic E-state index is 0.0270. The molecule has 0 saturated carbocycles. The number of nitrogens with zero attached hydrogens (tertiary/aromatic N) is 3. The van der Waals surface area contributed by atoms with E-state index in [1.54, 1.807) is 0 Å². The van der Waals surface area contributed by atoms with Crippen LogP contribution in [-0.4, -0.2) is 67.1 Å². The van der Waals surface area contributed by atoms with Gasteiger partial charge in [-0.25, -0.2) is 9.29 Å². The molecule has 0 spiro atoms. The van der Waals surface area contributed by atoms with E-state index in [4.69, 9.17) is 25.9 Å². The van der Waals surface area contributed by atoms with E-state index in [2.05, 4.69) is 4.98 Å². The second-order valence-corrected chi connectivity index (χ2v) is 7.69. The lowest BCUT2D eigenvalue weighted by atomic mass is 9.82. The third-order valence-electron chi connectivity index (χ3n) is 4.06. The van der Waals surface area contributed by atoms with Gasteiger partial charge in [0.2, 0.25) is 0 Å². The third kappa shape index (κ3) is 4.46. The van der Waals surface area contributed by atoms with Crippen LogP contribution in [0.5, 0.6) is 0 Å². The molecule has 0 radical (unpaired) electrons. The van der Waals surface area contributed by atoms with Crippen molar-refractivity contribution in [2.24, 2.45) is 17.4 Å². The minimum atomic E-state index is -3.84. The zero-order chi connectivity index (χ0) is 17.7. The largest absolute Gasteiger partial charge is 0.451 e. The van der Waals surface area contributed by atoms with Crippen LogP contribution in [0.15, 0.2) is 16.9 Å². The van der Waals surface area contributed by atoms with E-state index >= 15 is 0 Å². The Morgan fingerprint density at radius 1 is 1.46 bits per heavy atom. The van der Waals surface area contributed by atoms with Gasteiger partial charge in [0.25, 0.3) is 0 Å². The summed E-state index contributed by atoms with van der Waals surface area (Å²) in [5, 5.41) is 17.8. The number of aromatic nitrogens is 1. The summed E-state index contributed by atoms with van der Waals surface area (Å²) in [6, 6.07) is -0.333. The van der Waals surface area contributed by atoms with Crippen molar-refractivity contribution in [1.82, 2.24) is 9.29 Å². The lowest BCUT2D eigenvalue weighted by molar-refractivity contribution is 0.390. The normalized spacial score (nSPS) is 22.0. The number of anilines is 1.